The molecule has 8 nitrogen and oxygen atoms in total. The Morgan fingerprint density at radius 3 is 2.28 bits per heavy atom. The Balaban J connectivity index is 1.35. The molecule has 1 aliphatic rings. The third-order valence-corrected chi connectivity index (χ3v) is 9.45. The number of carbonyl (C=O) groups excluding carboxylic acids is 2. The maximum Gasteiger partial charge on any atom is 0.296 e. The Morgan fingerprint density at radius 2 is 1.57 bits per heavy atom. The number of benzene rings is 4. The number of aliphatic hydroxyl groups is 1. The second kappa shape index (κ2) is 14.9. The summed E-state index contributed by atoms with van der Waals surface area (Å²) in [5, 5.41) is 20.1. The molecular formula is C37H31N3O5S2. The van der Waals surface area contributed by atoms with Gasteiger partial charge in [0.25, 0.3) is 5.91 Å². The second-order valence-corrected chi connectivity index (χ2v) is 12.7. The SMILES string of the molecule is CCOc1cc(C2C(C(=O)C=Cc3ccccc3)=C(O)C(=O)N2c2nnc(SCc3ccccc3)s2)ccc1OCc1ccccc1. The molecule has 0 radical (unpaired) electrons. The molecule has 1 atom stereocenters. The van der Waals surface area contributed by atoms with E-state index in [1.807, 2.05) is 97.9 Å². The maximum atomic E-state index is 13.8. The van der Waals surface area contributed by atoms with Crippen LogP contribution in [0.25, 0.3) is 6.08 Å². The number of thioether (sulfide) groups is 1. The third-order valence-electron chi connectivity index (χ3n) is 7.33. The van der Waals surface area contributed by atoms with E-state index in [2.05, 4.69) is 10.2 Å². The molecule has 0 spiro atoms. The van der Waals surface area contributed by atoms with Crippen molar-refractivity contribution in [3.05, 3.63) is 149 Å². The molecule has 236 valence electrons. The van der Waals surface area contributed by atoms with E-state index in [0.29, 0.717) is 40.4 Å². The quantitative estimate of drug-likeness (QED) is 0.0770. The van der Waals surface area contributed by atoms with Crippen LogP contribution in [0, 0.1) is 0 Å². The summed E-state index contributed by atoms with van der Waals surface area (Å²) in [7, 11) is 0. The number of ketones is 1. The van der Waals surface area contributed by atoms with Gasteiger partial charge in [-0.15, -0.1) is 10.2 Å². The Kier molecular flexibility index (Phi) is 10.1. The molecule has 10 heteroatoms. The number of aliphatic hydroxyl groups excluding tert-OH is 1. The number of nitrogens with zero attached hydrogens (tertiary/aromatic N) is 3. The highest BCUT2D eigenvalue weighted by molar-refractivity contribution is 8.00. The summed E-state index contributed by atoms with van der Waals surface area (Å²) in [6.45, 7) is 2.56. The minimum absolute atomic E-state index is 0.0590. The molecule has 1 aromatic heterocycles. The van der Waals surface area contributed by atoms with Crippen molar-refractivity contribution in [2.24, 2.45) is 0 Å². The molecular weight excluding hydrogens is 631 g/mol. The van der Waals surface area contributed by atoms with Crippen molar-refractivity contribution in [2.75, 3.05) is 11.5 Å². The maximum absolute atomic E-state index is 13.8. The molecule has 0 saturated heterocycles. The zero-order valence-electron chi connectivity index (χ0n) is 25.5. The lowest BCUT2D eigenvalue weighted by atomic mass is 9.95. The van der Waals surface area contributed by atoms with Crippen molar-refractivity contribution >= 4 is 46.0 Å². The number of hydrogen-bond donors (Lipinski definition) is 1. The van der Waals surface area contributed by atoms with Gasteiger partial charge in [0.05, 0.1) is 18.2 Å². The summed E-state index contributed by atoms with van der Waals surface area (Å²) in [6.07, 6.45) is 3.02. The van der Waals surface area contributed by atoms with E-state index in [1.54, 1.807) is 24.3 Å². The first-order valence-electron chi connectivity index (χ1n) is 15.0. The highest BCUT2D eigenvalue weighted by Gasteiger charge is 2.45. The van der Waals surface area contributed by atoms with Crippen molar-refractivity contribution in [3.8, 4) is 11.5 Å². The first-order chi connectivity index (χ1) is 23.0. The standard InChI is InChI=1S/C37H31N3O5S2/c1-2-44-31-22-28(19-21-30(31)45-23-26-14-8-4-9-15-26)33-32(29(41)20-18-25-12-6-3-7-13-25)34(42)35(43)40(33)36-38-39-37(47-36)46-24-27-16-10-5-11-17-27/h3-22,33,42H,2,23-24H2,1H3. The zero-order chi connectivity index (χ0) is 32.6. The van der Waals surface area contributed by atoms with Gasteiger partial charge in [0, 0.05) is 5.75 Å². The van der Waals surface area contributed by atoms with Gasteiger partial charge in [-0.1, -0.05) is 126 Å². The lowest BCUT2D eigenvalue weighted by Gasteiger charge is -2.24. The number of carbonyl (C=O) groups is 2. The number of allylic oxidation sites excluding steroid dienone is 1. The van der Waals surface area contributed by atoms with Crippen LogP contribution in [0.1, 0.15) is 35.2 Å². The molecule has 6 rings (SSSR count). The van der Waals surface area contributed by atoms with Crippen LogP contribution in [0.5, 0.6) is 11.5 Å². The molecule has 0 aliphatic carbocycles. The molecule has 0 bridgehead atoms. The normalized spacial score (nSPS) is 14.6. The lowest BCUT2D eigenvalue weighted by Crippen LogP contribution is -2.31. The van der Waals surface area contributed by atoms with Gasteiger partial charge in [0.15, 0.2) is 27.4 Å². The van der Waals surface area contributed by atoms with Gasteiger partial charge >= 0.3 is 0 Å². The molecule has 2 heterocycles. The molecule has 1 N–H and O–H groups in total. The summed E-state index contributed by atoms with van der Waals surface area (Å²) in [5.41, 5.74) is 3.41. The molecule has 5 aromatic rings. The summed E-state index contributed by atoms with van der Waals surface area (Å²) >= 11 is 2.72. The molecule has 4 aromatic carbocycles. The average Bonchev–Trinajstić information content (AvgIpc) is 3.68. The van der Waals surface area contributed by atoms with E-state index in [1.165, 1.54) is 34.1 Å². The van der Waals surface area contributed by atoms with Gasteiger partial charge in [-0.3, -0.25) is 14.5 Å². The van der Waals surface area contributed by atoms with E-state index in [0.717, 1.165) is 16.7 Å². The van der Waals surface area contributed by atoms with Crippen LogP contribution < -0.4 is 14.4 Å². The van der Waals surface area contributed by atoms with Crippen molar-refractivity contribution in [1.29, 1.82) is 0 Å². The summed E-state index contributed by atoms with van der Waals surface area (Å²) in [4.78, 5) is 28.8. The zero-order valence-corrected chi connectivity index (χ0v) is 27.1. The van der Waals surface area contributed by atoms with Crippen LogP contribution >= 0.6 is 23.1 Å². The Bertz CT molecular complexity index is 1910. The van der Waals surface area contributed by atoms with Crippen LogP contribution in [0.2, 0.25) is 0 Å². The van der Waals surface area contributed by atoms with Gasteiger partial charge in [0.1, 0.15) is 6.61 Å². The highest BCUT2D eigenvalue weighted by atomic mass is 32.2. The number of ether oxygens (including phenoxy) is 2. The van der Waals surface area contributed by atoms with Gasteiger partial charge in [-0.05, 0) is 47.4 Å². The van der Waals surface area contributed by atoms with Crippen LogP contribution in [0.3, 0.4) is 0 Å². The Hall–Kier alpha value is -5.19. The van der Waals surface area contributed by atoms with E-state index in [4.69, 9.17) is 9.47 Å². The minimum atomic E-state index is -0.988. The number of aromatic nitrogens is 2. The fourth-order valence-corrected chi connectivity index (χ4v) is 6.91. The summed E-state index contributed by atoms with van der Waals surface area (Å²) in [5.74, 6) is -0.235. The van der Waals surface area contributed by atoms with E-state index < -0.39 is 23.5 Å². The van der Waals surface area contributed by atoms with Crippen LogP contribution in [0.15, 0.2) is 131 Å². The van der Waals surface area contributed by atoms with Gasteiger partial charge < -0.3 is 14.6 Å². The third kappa shape index (κ3) is 7.45. The number of hydrogen-bond acceptors (Lipinski definition) is 9. The fraction of sp³-hybridized carbons (Fsp3) is 0.135. The second-order valence-electron chi connectivity index (χ2n) is 10.5. The minimum Gasteiger partial charge on any atom is -0.503 e. The molecule has 0 fully saturated rings. The fourth-order valence-electron chi connectivity index (χ4n) is 5.09. The molecule has 1 unspecified atom stereocenters. The van der Waals surface area contributed by atoms with Crippen LogP contribution in [-0.4, -0.2) is 33.6 Å². The average molecular weight is 662 g/mol. The molecule has 47 heavy (non-hydrogen) atoms. The first kappa shape index (κ1) is 31.8. The van der Waals surface area contributed by atoms with Crippen molar-refractivity contribution in [2.45, 2.75) is 29.7 Å². The van der Waals surface area contributed by atoms with Crippen molar-refractivity contribution < 1.29 is 24.2 Å². The lowest BCUT2D eigenvalue weighted by molar-refractivity contribution is -0.117. The molecule has 1 aliphatic heterocycles. The summed E-state index contributed by atoms with van der Waals surface area (Å²) in [6, 6.07) is 33.4. The number of rotatable bonds is 13. The summed E-state index contributed by atoms with van der Waals surface area (Å²) < 4.78 is 12.7. The molecule has 0 saturated carbocycles. The van der Waals surface area contributed by atoms with E-state index in [-0.39, 0.29) is 10.7 Å². The predicted molar refractivity (Wildman–Crippen MR) is 185 cm³/mol. The topological polar surface area (TPSA) is 102 Å². The van der Waals surface area contributed by atoms with Crippen LogP contribution in [0.4, 0.5) is 5.13 Å². The Labute approximate surface area is 281 Å². The smallest absolute Gasteiger partial charge is 0.296 e. The van der Waals surface area contributed by atoms with Gasteiger partial charge in [0.2, 0.25) is 5.13 Å². The first-order valence-corrected chi connectivity index (χ1v) is 16.8. The highest BCUT2D eigenvalue weighted by Crippen LogP contribution is 2.45. The number of anilines is 1. The van der Waals surface area contributed by atoms with Gasteiger partial charge in [-0.2, -0.15) is 0 Å². The largest absolute Gasteiger partial charge is 0.503 e. The van der Waals surface area contributed by atoms with Gasteiger partial charge in [-0.25, -0.2) is 0 Å². The van der Waals surface area contributed by atoms with E-state index in [9.17, 15) is 14.7 Å². The van der Waals surface area contributed by atoms with Crippen molar-refractivity contribution in [1.82, 2.24) is 10.2 Å². The van der Waals surface area contributed by atoms with Crippen molar-refractivity contribution in [3.63, 3.8) is 0 Å². The predicted octanol–water partition coefficient (Wildman–Crippen LogP) is 7.99. The van der Waals surface area contributed by atoms with Crippen LogP contribution in [-0.2, 0) is 21.9 Å². The van der Waals surface area contributed by atoms with E-state index >= 15 is 0 Å². The Morgan fingerprint density at radius 1 is 0.894 bits per heavy atom. The number of amides is 1. The monoisotopic (exact) mass is 661 g/mol. The molecule has 1 amide bonds.